The van der Waals surface area contributed by atoms with E-state index in [1.165, 1.54) is 6.92 Å². The molecule has 0 unspecified atom stereocenters. The Kier molecular flexibility index (Phi) is 5.48. The molecular formula is C18H17N3O2. The van der Waals surface area contributed by atoms with Crippen LogP contribution < -0.4 is 5.32 Å². The van der Waals surface area contributed by atoms with Crippen molar-refractivity contribution in [1.82, 2.24) is 0 Å². The molecule has 0 atom stereocenters. The molecule has 0 saturated carbocycles. The molecule has 23 heavy (non-hydrogen) atoms. The fourth-order valence-corrected chi connectivity index (χ4v) is 2.00. The number of hydrogen-bond acceptors (Lipinski definition) is 4. The minimum absolute atomic E-state index is 0.109. The van der Waals surface area contributed by atoms with Crippen LogP contribution in [0.3, 0.4) is 0 Å². The summed E-state index contributed by atoms with van der Waals surface area (Å²) in [6.45, 7) is 3.54. The van der Waals surface area contributed by atoms with Crippen molar-refractivity contribution in [2.45, 2.75) is 20.5 Å². The predicted molar refractivity (Wildman–Crippen MR) is 88.9 cm³/mol. The lowest BCUT2D eigenvalue weighted by Crippen LogP contribution is -2.06. The second kappa shape index (κ2) is 7.76. The van der Waals surface area contributed by atoms with Crippen molar-refractivity contribution in [1.29, 1.82) is 5.26 Å². The van der Waals surface area contributed by atoms with Crippen molar-refractivity contribution in [3.05, 3.63) is 65.2 Å². The molecule has 5 nitrogen and oxygen atoms in total. The van der Waals surface area contributed by atoms with E-state index in [1.54, 1.807) is 18.2 Å². The molecule has 2 aromatic rings. The van der Waals surface area contributed by atoms with Crippen molar-refractivity contribution in [2.75, 3.05) is 5.32 Å². The Bertz CT molecular complexity index is 759. The topological polar surface area (TPSA) is 74.5 Å². The smallest absolute Gasteiger partial charge is 0.221 e. The van der Waals surface area contributed by atoms with Crippen molar-refractivity contribution >= 4 is 17.3 Å². The number of carbonyl (C=O) groups excluding carboxylic acids is 1. The van der Waals surface area contributed by atoms with E-state index >= 15 is 0 Å². The molecular weight excluding hydrogens is 290 g/mol. The zero-order valence-electron chi connectivity index (χ0n) is 13.0. The molecule has 5 heteroatoms. The van der Waals surface area contributed by atoms with Gasteiger partial charge in [0.05, 0.1) is 17.3 Å². The average molecular weight is 307 g/mol. The van der Waals surface area contributed by atoms with Crippen LogP contribution in [-0.4, -0.2) is 11.6 Å². The lowest BCUT2D eigenvalue weighted by atomic mass is 10.1. The maximum Gasteiger partial charge on any atom is 0.221 e. The molecule has 0 radical (unpaired) electrons. The SMILES string of the molecule is CC(=O)Nc1ccc(/C(C)=N/OCc2ccccc2C#N)cc1. The molecule has 2 aromatic carbocycles. The van der Waals surface area contributed by atoms with Crippen LogP contribution in [0.25, 0.3) is 0 Å². The summed E-state index contributed by atoms with van der Waals surface area (Å²) in [7, 11) is 0. The number of anilines is 1. The Balaban J connectivity index is 2.00. The van der Waals surface area contributed by atoms with Crippen molar-refractivity contribution in [3.63, 3.8) is 0 Å². The molecule has 2 rings (SSSR count). The predicted octanol–water partition coefficient (Wildman–Crippen LogP) is 3.46. The minimum Gasteiger partial charge on any atom is -0.391 e. The third kappa shape index (κ3) is 4.68. The number of nitriles is 1. The molecule has 0 spiro atoms. The van der Waals surface area contributed by atoms with Crippen LogP contribution in [0.15, 0.2) is 53.7 Å². The fourth-order valence-electron chi connectivity index (χ4n) is 2.00. The molecule has 0 aliphatic rings. The quantitative estimate of drug-likeness (QED) is 0.679. The highest BCUT2D eigenvalue weighted by Crippen LogP contribution is 2.12. The van der Waals surface area contributed by atoms with Crippen LogP contribution in [0.5, 0.6) is 0 Å². The van der Waals surface area contributed by atoms with Gasteiger partial charge in [-0.1, -0.05) is 35.5 Å². The highest BCUT2D eigenvalue weighted by Gasteiger charge is 2.02. The van der Waals surface area contributed by atoms with E-state index in [4.69, 9.17) is 10.1 Å². The largest absolute Gasteiger partial charge is 0.391 e. The summed E-state index contributed by atoms with van der Waals surface area (Å²) in [6, 6.07) is 16.7. The summed E-state index contributed by atoms with van der Waals surface area (Å²) in [5.41, 5.74) is 3.73. The van der Waals surface area contributed by atoms with Gasteiger partial charge in [-0.2, -0.15) is 5.26 Å². The van der Waals surface area contributed by atoms with Crippen molar-refractivity contribution in [2.24, 2.45) is 5.16 Å². The van der Waals surface area contributed by atoms with Gasteiger partial charge >= 0.3 is 0 Å². The standard InChI is InChI=1S/C18H17N3O2/c1-13(15-7-9-18(10-8-15)20-14(2)22)21-23-12-17-6-4-3-5-16(17)11-19/h3-10H,12H2,1-2H3,(H,20,22)/b21-13+. The van der Waals surface area contributed by atoms with Gasteiger partial charge in [0.1, 0.15) is 6.61 Å². The Morgan fingerprint density at radius 3 is 2.52 bits per heavy atom. The van der Waals surface area contributed by atoms with Gasteiger partial charge in [0.15, 0.2) is 0 Å². The van der Waals surface area contributed by atoms with Gasteiger partial charge in [-0.15, -0.1) is 0 Å². The van der Waals surface area contributed by atoms with E-state index in [0.29, 0.717) is 11.3 Å². The number of oxime groups is 1. The fraction of sp³-hybridized carbons (Fsp3) is 0.167. The number of nitrogens with one attached hydrogen (secondary N) is 1. The number of rotatable bonds is 5. The van der Waals surface area contributed by atoms with Crippen molar-refractivity contribution in [3.8, 4) is 6.07 Å². The summed E-state index contributed by atoms with van der Waals surface area (Å²) in [5.74, 6) is -0.109. The first kappa shape index (κ1) is 16.2. The van der Waals surface area contributed by atoms with Gasteiger partial charge in [-0.25, -0.2) is 0 Å². The van der Waals surface area contributed by atoms with E-state index in [-0.39, 0.29) is 12.5 Å². The summed E-state index contributed by atoms with van der Waals surface area (Å²) >= 11 is 0. The summed E-state index contributed by atoms with van der Waals surface area (Å²) in [6.07, 6.45) is 0. The average Bonchev–Trinajstić information content (AvgIpc) is 2.55. The molecule has 0 aliphatic heterocycles. The highest BCUT2D eigenvalue weighted by atomic mass is 16.6. The number of nitrogens with zero attached hydrogens (tertiary/aromatic N) is 2. The summed E-state index contributed by atoms with van der Waals surface area (Å²) in [4.78, 5) is 16.3. The molecule has 0 fully saturated rings. The molecule has 0 heterocycles. The van der Waals surface area contributed by atoms with E-state index in [2.05, 4.69) is 16.5 Å². The zero-order chi connectivity index (χ0) is 16.7. The highest BCUT2D eigenvalue weighted by molar-refractivity contribution is 5.99. The molecule has 116 valence electrons. The molecule has 1 N–H and O–H groups in total. The lowest BCUT2D eigenvalue weighted by Gasteiger charge is -2.06. The van der Waals surface area contributed by atoms with E-state index < -0.39 is 0 Å². The number of amides is 1. The third-order valence-corrected chi connectivity index (χ3v) is 3.18. The van der Waals surface area contributed by atoms with Gasteiger partial charge in [0, 0.05) is 18.2 Å². The second-order valence-electron chi connectivity index (χ2n) is 4.98. The third-order valence-electron chi connectivity index (χ3n) is 3.18. The van der Waals surface area contributed by atoms with E-state index in [9.17, 15) is 4.79 Å². The maximum absolute atomic E-state index is 11.0. The number of benzene rings is 2. The minimum atomic E-state index is -0.109. The number of carbonyl (C=O) groups is 1. The first-order valence-electron chi connectivity index (χ1n) is 7.12. The molecule has 0 aliphatic carbocycles. The molecule has 1 amide bonds. The maximum atomic E-state index is 11.0. The van der Waals surface area contributed by atoms with Gasteiger partial charge in [0.2, 0.25) is 5.91 Å². The number of hydrogen-bond donors (Lipinski definition) is 1. The Labute approximate surface area is 135 Å². The van der Waals surface area contributed by atoms with Gasteiger partial charge in [0.25, 0.3) is 0 Å². The monoisotopic (exact) mass is 307 g/mol. The molecule has 0 saturated heterocycles. The van der Waals surface area contributed by atoms with Gasteiger partial charge in [-0.3, -0.25) is 4.79 Å². The first-order valence-corrected chi connectivity index (χ1v) is 7.12. The van der Waals surface area contributed by atoms with Crippen LogP contribution in [0.1, 0.15) is 30.5 Å². The van der Waals surface area contributed by atoms with Gasteiger partial charge < -0.3 is 10.2 Å². The Hall–Kier alpha value is -3.13. The Morgan fingerprint density at radius 2 is 1.87 bits per heavy atom. The summed E-state index contributed by atoms with van der Waals surface area (Å²) < 4.78 is 0. The second-order valence-corrected chi connectivity index (χ2v) is 4.98. The first-order chi connectivity index (χ1) is 11.1. The van der Waals surface area contributed by atoms with E-state index in [1.807, 2.05) is 37.3 Å². The van der Waals surface area contributed by atoms with Crippen LogP contribution in [0, 0.1) is 11.3 Å². The Morgan fingerprint density at radius 1 is 1.17 bits per heavy atom. The lowest BCUT2D eigenvalue weighted by molar-refractivity contribution is -0.114. The van der Waals surface area contributed by atoms with Crippen LogP contribution in [-0.2, 0) is 16.2 Å². The normalized spacial score (nSPS) is 10.7. The van der Waals surface area contributed by atoms with Crippen LogP contribution >= 0.6 is 0 Å². The van der Waals surface area contributed by atoms with Crippen LogP contribution in [0.4, 0.5) is 5.69 Å². The molecule has 0 bridgehead atoms. The zero-order valence-corrected chi connectivity index (χ0v) is 13.0. The van der Waals surface area contributed by atoms with Gasteiger partial charge in [-0.05, 0) is 30.7 Å². The van der Waals surface area contributed by atoms with Crippen molar-refractivity contribution < 1.29 is 9.63 Å². The molecule has 0 aromatic heterocycles. The summed E-state index contributed by atoms with van der Waals surface area (Å²) in [5, 5.41) is 15.8. The van der Waals surface area contributed by atoms with Crippen LogP contribution in [0.2, 0.25) is 0 Å². The van der Waals surface area contributed by atoms with E-state index in [0.717, 1.165) is 16.8 Å².